The summed E-state index contributed by atoms with van der Waals surface area (Å²) in [5.74, 6) is -0.946. The first-order chi connectivity index (χ1) is 17.0. The monoisotopic (exact) mass is 502 g/mol. The molecule has 0 aliphatic carbocycles. The Labute approximate surface area is 210 Å². The van der Waals surface area contributed by atoms with Gasteiger partial charge in [-0.3, -0.25) is 14.5 Å². The average Bonchev–Trinajstić information content (AvgIpc) is 3.59. The van der Waals surface area contributed by atoms with Crippen molar-refractivity contribution in [2.24, 2.45) is 0 Å². The van der Waals surface area contributed by atoms with Crippen LogP contribution in [0.1, 0.15) is 33.2 Å². The van der Waals surface area contributed by atoms with Crippen LogP contribution in [0.15, 0.2) is 83.4 Å². The minimum absolute atomic E-state index is 0.0608. The molecule has 1 aliphatic rings. The van der Waals surface area contributed by atoms with Crippen molar-refractivity contribution in [2.45, 2.75) is 19.9 Å². The van der Waals surface area contributed by atoms with E-state index in [0.717, 1.165) is 10.4 Å². The third-order valence-electron chi connectivity index (χ3n) is 5.70. The molecule has 0 radical (unpaired) electrons. The van der Waals surface area contributed by atoms with E-state index in [1.807, 2.05) is 54.8 Å². The lowest BCUT2D eigenvalue weighted by atomic mass is 10.00. The number of aliphatic hydroxyl groups is 1. The summed E-state index contributed by atoms with van der Waals surface area (Å²) in [7, 11) is 0. The molecule has 3 heterocycles. The Kier molecular flexibility index (Phi) is 6.23. The Balaban J connectivity index is 1.59. The lowest BCUT2D eigenvalue weighted by Crippen LogP contribution is -2.30. The van der Waals surface area contributed by atoms with Crippen LogP contribution in [0.25, 0.3) is 10.6 Å². The summed E-state index contributed by atoms with van der Waals surface area (Å²) in [6.07, 6.45) is 0. The van der Waals surface area contributed by atoms with E-state index in [4.69, 9.17) is 4.74 Å². The van der Waals surface area contributed by atoms with Crippen molar-refractivity contribution in [3.8, 4) is 16.3 Å². The Hall–Kier alpha value is -3.75. The molecular formula is C27H22N2O4S2. The van der Waals surface area contributed by atoms with Gasteiger partial charge in [-0.25, -0.2) is 4.98 Å². The molecule has 0 saturated heterocycles. The molecule has 1 aliphatic heterocycles. The van der Waals surface area contributed by atoms with E-state index in [-0.39, 0.29) is 5.57 Å². The zero-order chi connectivity index (χ0) is 24.5. The van der Waals surface area contributed by atoms with Crippen LogP contribution in [0.4, 0.5) is 5.69 Å². The van der Waals surface area contributed by atoms with Gasteiger partial charge in [0.05, 0.1) is 22.8 Å². The molecule has 1 N–H and O–H groups in total. The van der Waals surface area contributed by atoms with Crippen molar-refractivity contribution in [1.82, 2.24) is 4.98 Å². The maximum Gasteiger partial charge on any atom is 0.294 e. The summed E-state index contributed by atoms with van der Waals surface area (Å²) in [6, 6.07) is 19.7. The van der Waals surface area contributed by atoms with E-state index < -0.39 is 23.5 Å². The SMILES string of the molecule is CCOc1cccc(N2C(=O)C(O)=C(C(=O)c3sc(-c4ccccc4)nc3C)C2c2cccs2)c1. The Morgan fingerprint density at radius 1 is 1.11 bits per heavy atom. The number of aliphatic hydroxyl groups excluding tert-OH is 1. The molecule has 2 aromatic carbocycles. The van der Waals surface area contributed by atoms with E-state index in [9.17, 15) is 14.7 Å². The van der Waals surface area contributed by atoms with Crippen LogP contribution in [-0.2, 0) is 4.79 Å². The van der Waals surface area contributed by atoms with Crippen LogP contribution in [0.2, 0.25) is 0 Å². The summed E-state index contributed by atoms with van der Waals surface area (Å²) >= 11 is 2.69. The standard InChI is InChI=1S/C27H22N2O4S2/c1-3-33-19-12-7-11-18(15-19)29-22(20-13-8-14-34-20)21(24(31)27(29)32)23(30)25-16(2)28-26(35-25)17-9-5-4-6-10-17/h4-15,22,31H,3H2,1-2H3. The highest BCUT2D eigenvalue weighted by Crippen LogP contribution is 2.45. The number of carbonyl (C=O) groups excluding carboxylic acids is 2. The molecule has 1 amide bonds. The third-order valence-corrected chi connectivity index (χ3v) is 7.83. The van der Waals surface area contributed by atoms with Gasteiger partial charge in [0.2, 0.25) is 5.78 Å². The lowest BCUT2D eigenvalue weighted by molar-refractivity contribution is -0.117. The predicted molar refractivity (Wildman–Crippen MR) is 138 cm³/mol. The van der Waals surface area contributed by atoms with Gasteiger partial charge in [0.25, 0.3) is 5.91 Å². The molecule has 5 rings (SSSR count). The number of ketones is 1. The number of hydrogen-bond donors (Lipinski definition) is 1. The number of nitrogens with zero attached hydrogens (tertiary/aromatic N) is 2. The van der Waals surface area contributed by atoms with Gasteiger partial charge in [-0.15, -0.1) is 22.7 Å². The minimum Gasteiger partial charge on any atom is -0.503 e. The number of thiazole rings is 1. The molecule has 0 bridgehead atoms. The van der Waals surface area contributed by atoms with Gasteiger partial charge in [-0.2, -0.15) is 0 Å². The van der Waals surface area contributed by atoms with Crippen molar-refractivity contribution >= 4 is 40.1 Å². The molecule has 0 saturated carbocycles. The molecule has 2 aromatic heterocycles. The Bertz CT molecular complexity index is 1420. The predicted octanol–water partition coefficient (Wildman–Crippen LogP) is 6.36. The van der Waals surface area contributed by atoms with Gasteiger partial charge in [0, 0.05) is 22.2 Å². The van der Waals surface area contributed by atoms with Crippen LogP contribution in [0.3, 0.4) is 0 Å². The molecule has 4 aromatic rings. The van der Waals surface area contributed by atoms with Crippen LogP contribution in [0.5, 0.6) is 5.75 Å². The quantitative estimate of drug-likeness (QED) is 0.297. The number of Topliss-reactive ketones (excluding diaryl/α,β-unsaturated/α-hetero) is 1. The van der Waals surface area contributed by atoms with Gasteiger partial charge in [-0.05, 0) is 37.4 Å². The number of aromatic nitrogens is 1. The van der Waals surface area contributed by atoms with Gasteiger partial charge in [0.1, 0.15) is 16.8 Å². The number of aryl methyl sites for hydroxylation is 1. The number of carbonyl (C=O) groups is 2. The second kappa shape index (κ2) is 9.48. The van der Waals surface area contributed by atoms with E-state index >= 15 is 0 Å². The molecule has 8 heteroatoms. The number of rotatable bonds is 7. The number of amides is 1. The topological polar surface area (TPSA) is 79.7 Å². The van der Waals surface area contributed by atoms with E-state index in [2.05, 4.69) is 4.98 Å². The maximum atomic E-state index is 13.9. The summed E-state index contributed by atoms with van der Waals surface area (Å²) in [4.78, 5) is 34.5. The normalized spacial score (nSPS) is 15.7. The van der Waals surface area contributed by atoms with Gasteiger partial charge in [0.15, 0.2) is 5.76 Å². The highest BCUT2D eigenvalue weighted by atomic mass is 32.1. The molecule has 176 valence electrons. The first-order valence-corrected chi connectivity index (χ1v) is 12.8. The molecule has 0 spiro atoms. The zero-order valence-electron chi connectivity index (χ0n) is 19.1. The number of ether oxygens (including phenoxy) is 1. The molecule has 0 fully saturated rings. The summed E-state index contributed by atoms with van der Waals surface area (Å²) < 4.78 is 5.61. The summed E-state index contributed by atoms with van der Waals surface area (Å²) in [6.45, 7) is 4.13. The van der Waals surface area contributed by atoms with Crippen molar-refractivity contribution in [1.29, 1.82) is 0 Å². The fourth-order valence-corrected chi connectivity index (χ4v) is 5.99. The average molecular weight is 503 g/mol. The summed E-state index contributed by atoms with van der Waals surface area (Å²) in [5, 5.41) is 13.6. The van der Waals surface area contributed by atoms with Crippen LogP contribution in [-0.4, -0.2) is 28.4 Å². The van der Waals surface area contributed by atoms with E-state index in [1.165, 1.54) is 27.6 Å². The molecule has 1 atom stereocenters. The highest BCUT2D eigenvalue weighted by molar-refractivity contribution is 7.17. The zero-order valence-corrected chi connectivity index (χ0v) is 20.7. The number of hydrogen-bond acceptors (Lipinski definition) is 7. The highest BCUT2D eigenvalue weighted by Gasteiger charge is 2.46. The van der Waals surface area contributed by atoms with Crippen LogP contribution in [0, 0.1) is 6.92 Å². The van der Waals surface area contributed by atoms with Crippen molar-refractivity contribution in [2.75, 3.05) is 11.5 Å². The molecular weight excluding hydrogens is 480 g/mol. The third kappa shape index (κ3) is 4.15. The fraction of sp³-hybridized carbons (Fsp3) is 0.148. The minimum atomic E-state index is -0.756. The first-order valence-electron chi connectivity index (χ1n) is 11.1. The number of anilines is 1. The smallest absolute Gasteiger partial charge is 0.294 e. The number of benzene rings is 2. The van der Waals surface area contributed by atoms with Gasteiger partial charge in [-0.1, -0.05) is 42.5 Å². The second-order valence-electron chi connectivity index (χ2n) is 7.91. The number of thiophene rings is 1. The Morgan fingerprint density at radius 2 is 1.91 bits per heavy atom. The van der Waals surface area contributed by atoms with Crippen molar-refractivity contribution < 1.29 is 19.4 Å². The Morgan fingerprint density at radius 3 is 2.63 bits per heavy atom. The fourth-order valence-electron chi connectivity index (χ4n) is 4.14. The summed E-state index contributed by atoms with van der Waals surface area (Å²) in [5.41, 5.74) is 2.07. The molecule has 35 heavy (non-hydrogen) atoms. The van der Waals surface area contributed by atoms with E-state index in [1.54, 1.807) is 31.2 Å². The van der Waals surface area contributed by atoms with Crippen LogP contribution >= 0.6 is 22.7 Å². The maximum absolute atomic E-state index is 13.9. The largest absolute Gasteiger partial charge is 0.503 e. The van der Waals surface area contributed by atoms with Gasteiger partial charge < -0.3 is 9.84 Å². The lowest BCUT2D eigenvalue weighted by Gasteiger charge is -2.26. The van der Waals surface area contributed by atoms with Crippen molar-refractivity contribution in [3.63, 3.8) is 0 Å². The van der Waals surface area contributed by atoms with Gasteiger partial charge >= 0.3 is 0 Å². The molecule has 6 nitrogen and oxygen atoms in total. The van der Waals surface area contributed by atoms with Crippen molar-refractivity contribution in [3.05, 3.63) is 98.9 Å². The van der Waals surface area contributed by atoms with E-state index in [0.29, 0.717) is 33.6 Å². The van der Waals surface area contributed by atoms with Crippen LogP contribution < -0.4 is 9.64 Å². The molecule has 1 unspecified atom stereocenters. The first kappa shape index (κ1) is 23.0. The second-order valence-corrected chi connectivity index (χ2v) is 9.89.